The van der Waals surface area contributed by atoms with E-state index in [0.717, 1.165) is 38.6 Å². The lowest BCUT2D eigenvalue weighted by Crippen LogP contribution is -2.61. The number of hydrogen-bond donors (Lipinski definition) is 2. The average Bonchev–Trinajstić information content (AvgIpc) is 2.37. The first kappa shape index (κ1) is 14.5. The first-order valence-electron chi connectivity index (χ1n) is 7.09. The molecular weight excluding hydrogens is 212 g/mol. The van der Waals surface area contributed by atoms with Gasteiger partial charge in [-0.1, -0.05) is 20.8 Å². The maximum atomic E-state index is 12.4. The molecule has 1 unspecified atom stereocenters. The second-order valence-corrected chi connectivity index (χ2v) is 5.51. The summed E-state index contributed by atoms with van der Waals surface area (Å²) in [5.74, 6) is 0.183. The van der Waals surface area contributed by atoms with Gasteiger partial charge in [0.15, 0.2) is 0 Å². The van der Waals surface area contributed by atoms with E-state index in [-0.39, 0.29) is 17.0 Å². The molecule has 1 aliphatic rings. The van der Waals surface area contributed by atoms with Crippen LogP contribution < -0.4 is 10.6 Å². The zero-order valence-electron chi connectivity index (χ0n) is 11.9. The number of hydrogen-bond acceptors (Lipinski definition) is 2. The molecule has 100 valence electrons. The molecule has 17 heavy (non-hydrogen) atoms. The summed E-state index contributed by atoms with van der Waals surface area (Å²) in [7, 11) is 0. The van der Waals surface area contributed by atoms with E-state index >= 15 is 0 Å². The van der Waals surface area contributed by atoms with E-state index in [0.29, 0.717) is 0 Å². The van der Waals surface area contributed by atoms with Crippen LogP contribution in [0.1, 0.15) is 66.2 Å². The van der Waals surface area contributed by atoms with E-state index in [1.54, 1.807) is 0 Å². The van der Waals surface area contributed by atoms with Crippen molar-refractivity contribution in [1.82, 2.24) is 10.6 Å². The van der Waals surface area contributed by atoms with Crippen molar-refractivity contribution in [3.8, 4) is 0 Å². The molecule has 1 fully saturated rings. The topological polar surface area (TPSA) is 41.1 Å². The van der Waals surface area contributed by atoms with Crippen molar-refractivity contribution in [3.05, 3.63) is 0 Å². The van der Waals surface area contributed by atoms with Gasteiger partial charge in [-0.25, -0.2) is 0 Å². The van der Waals surface area contributed by atoms with Crippen molar-refractivity contribution < 1.29 is 4.79 Å². The predicted molar refractivity (Wildman–Crippen MR) is 72.0 cm³/mol. The summed E-state index contributed by atoms with van der Waals surface area (Å²) < 4.78 is 0. The van der Waals surface area contributed by atoms with Gasteiger partial charge in [-0.15, -0.1) is 0 Å². The molecule has 3 heteroatoms. The van der Waals surface area contributed by atoms with Crippen LogP contribution in [0.25, 0.3) is 0 Å². The maximum Gasteiger partial charge on any atom is 0.240 e. The number of nitrogens with one attached hydrogen (secondary N) is 2. The van der Waals surface area contributed by atoms with Crippen LogP contribution in [0.2, 0.25) is 0 Å². The van der Waals surface area contributed by atoms with E-state index in [1.807, 2.05) is 6.92 Å². The SMILES string of the molecule is CCC(CC)(CC)NC(=O)C1(C)CCCCN1. The smallest absolute Gasteiger partial charge is 0.240 e. The molecule has 3 nitrogen and oxygen atoms in total. The lowest BCUT2D eigenvalue weighted by atomic mass is 9.85. The lowest BCUT2D eigenvalue weighted by molar-refractivity contribution is -0.130. The van der Waals surface area contributed by atoms with Crippen LogP contribution >= 0.6 is 0 Å². The van der Waals surface area contributed by atoms with Gasteiger partial charge >= 0.3 is 0 Å². The Morgan fingerprint density at radius 1 is 1.24 bits per heavy atom. The summed E-state index contributed by atoms with van der Waals surface area (Å²) in [6, 6.07) is 0. The number of rotatable bonds is 5. The first-order chi connectivity index (χ1) is 8.02. The minimum Gasteiger partial charge on any atom is -0.349 e. The van der Waals surface area contributed by atoms with Gasteiger partial charge in [0.1, 0.15) is 0 Å². The van der Waals surface area contributed by atoms with Crippen LogP contribution in [0.4, 0.5) is 0 Å². The zero-order chi connectivity index (χ0) is 12.9. The van der Waals surface area contributed by atoms with Gasteiger partial charge in [0.25, 0.3) is 0 Å². The monoisotopic (exact) mass is 240 g/mol. The molecule has 2 N–H and O–H groups in total. The minimum atomic E-state index is -0.358. The van der Waals surface area contributed by atoms with Gasteiger partial charge in [-0.3, -0.25) is 4.79 Å². The molecule has 0 radical (unpaired) electrons. The zero-order valence-corrected chi connectivity index (χ0v) is 11.9. The summed E-state index contributed by atoms with van der Waals surface area (Å²) in [6.07, 6.45) is 6.29. The average molecular weight is 240 g/mol. The van der Waals surface area contributed by atoms with Crippen LogP contribution in [0.5, 0.6) is 0 Å². The third kappa shape index (κ3) is 3.21. The molecule has 0 spiro atoms. The molecule has 0 aliphatic carbocycles. The van der Waals surface area contributed by atoms with Crippen LogP contribution in [-0.2, 0) is 4.79 Å². The van der Waals surface area contributed by atoms with Crippen molar-refractivity contribution in [2.24, 2.45) is 0 Å². The molecule has 0 bridgehead atoms. The van der Waals surface area contributed by atoms with Crippen molar-refractivity contribution in [3.63, 3.8) is 0 Å². The summed E-state index contributed by atoms with van der Waals surface area (Å²) >= 11 is 0. The quantitative estimate of drug-likeness (QED) is 0.775. The molecule has 1 atom stereocenters. The third-order valence-electron chi connectivity index (χ3n) is 4.53. The highest BCUT2D eigenvalue weighted by Crippen LogP contribution is 2.24. The standard InChI is InChI=1S/C14H28N2O/c1-5-14(6-2,7-3)16-12(17)13(4)10-8-9-11-15-13/h15H,5-11H2,1-4H3,(H,16,17). The predicted octanol–water partition coefficient (Wildman–Crippen LogP) is 2.60. The number of piperidine rings is 1. The van der Waals surface area contributed by atoms with E-state index in [2.05, 4.69) is 31.4 Å². The van der Waals surface area contributed by atoms with Crippen LogP contribution in [-0.4, -0.2) is 23.5 Å². The largest absolute Gasteiger partial charge is 0.349 e. The summed E-state index contributed by atoms with van der Waals surface area (Å²) in [4.78, 5) is 12.4. The second kappa shape index (κ2) is 5.85. The maximum absolute atomic E-state index is 12.4. The fourth-order valence-corrected chi connectivity index (χ4v) is 2.64. The first-order valence-corrected chi connectivity index (χ1v) is 7.09. The van der Waals surface area contributed by atoms with Crippen LogP contribution in [0.3, 0.4) is 0 Å². The molecule has 1 aliphatic heterocycles. The van der Waals surface area contributed by atoms with Gasteiger partial charge in [0, 0.05) is 5.54 Å². The van der Waals surface area contributed by atoms with Crippen LogP contribution in [0.15, 0.2) is 0 Å². The fraction of sp³-hybridized carbons (Fsp3) is 0.929. The van der Waals surface area contributed by atoms with E-state index in [4.69, 9.17) is 0 Å². The van der Waals surface area contributed by atoms with E-state index < -0.39 is 0 Å². The number of carbonyl (C=O) groups is 1. The highest BCUT2D eigenvalue weighted by atomic mass is 16.2. The van der Waals surface area contributed by atoms with Crippen molar-refractivity contribution in [2.75, 3.05) is 6.54 Å². The van der Waals surface area contributed by atoms with Gasteiger partial charge in [0.2, 0.25) is 5.91 Å². The molecule has 0 saturated carbocycles. The third-order valence-corrected chi connectivity index (χ3v) is 4.53. The van der Waals surface area contributed by atoms with Gasteiger partial charge in [-0.2, -0.15) is 0 Å². The summed E-state index contributed by atoms with van der Waals surface area (Å²) in [5.41, 5.74) is -0.373. The number of amides is 1. The normalized spacial score (nSPS) is 25.6. The molecular formula is C14H28N2O. The Hall–Kier alpha value is -0.570. The molecule has 1 saturated heterocycles. The molecule has 1 rings (SSSR count). The van der Waals surface area contributed by atoms with Gasteiger partial charge in [-0.05, 0) is 52.0 Å². The lowest BCUT2D eigenvalue weighted by Gasteiger charge is -2.39. The fourth-order valence-electron chi connectivity index (χ4n) is 2.64. The Bertz CT molecular complexity index is 245. The van der Waals surface area contributed by atoms with Crippen molar-refractivity contribution in [1.29, 1.82) is 0 Å². The highest BCUT2D eigenvalue weighted by Gasteiger charge is 2.37. The molecule has 0 aromatic rings. The minimum absolute atomic E-state index is 0.0147. The summed E-state index contributed by atoms with van der Waals surface area (Å²) in [5, 5.41) is 6.67. The molecule has 0 aromatic heterocycles. The molecule has 0 aromatic carbocycles. The Kier molecular flexibility index (Phi) is 4.99. The van der Waals surface area contributed by atoms with Gasteiger partial charge in [0.05, 0.1) is 5.54 Å². The van der Waals surface area contributed by atoms with E-state index in [1.165, 1.54) is 6.42 Å². The Morgan fingerprint density at radius 2 is 1.82 bits per heavy atom. The Labute approximate surface area is 106 Å². The second-order valence-electron chi connectivity index (χ2n) is 5.51. The molecule has 1 heterocycles. The van der Waals surface area contributed by atoms with Gasteiger partial charge < -0.3 is 10.6 Å². The Balaban J connectivity index is 2.69. The van der Waals surface area contributed by atoms with Crippen molar-refractivity contribution in [2.45, 2.75) is 77.3 Å². The summed E-state index contributed by atoms with van der Waals surface area (Å²) in [6.45, 7) is 9.46. The van der Waals surface area contributed by atoms with E-state index in [9.17, 15) is 4.79 Å². The highest BCUT2D eigenvalue weighted by molar-refractivity contribution is 5.86. The van der Waals surface area contributed by atoms with Crippen LogP contribution in [0, 0.1) is 0 Å². The van der Waals surface area contributed by atoms with Crippen molar-refractivity contribution >= 4 is 5.91 Å². The Morgan fingerprint density at radius 3 is 2.24 bits per heavy atom. The molecule has 1 amide bonds. The number of carbonyl (C=O) groups excluding carboxylic acids is 1.